The third-order valence-corrected chi connectivity index (χ3v) is 4.06. The van der Waals surface area contributed by atoms with Gasteiger partial charge in [0.05, 0.1) is 10.6 Å². The van der Waals surface area contributed by atoms with E-state index in [0.717, 1.165) is 12.2 Å². The van der Waals surface area contributed by atoms with Crippen LogP contribution in [0, 0.1) is 10.1 Å². The molecule has 1 aromatic rings. The molecule has 1 fully saturated rings. The van der Waals surface area contributed by atoms with E-state index in [1.807, 2.05) is 4.90 Å². The van der Waals surface area contributed by atoms with Gasteiger partial charge in [0.25, 0.3) is 5.69 Å². The van der Waals surface area contributed by atoms with E-state index in [0.29, 0.717) is 17.6 Å². The van der Waals surface area contributed by atoms with Crippen molar-refractivity contribution in [3.63, 3.8) is 0 Å². The topological polar surface area (TPSA) is 78.7 Å². The van der Waals surface area contributed by atoms with Gasteiger partial charge in [-0.15, -0.1) is 0 Å². The molecule has 21 heavy (non-hydrogen) atoms. The lowest BCUT2D eigenvalue weighted by Gasteiger charge is -2.38. The van der Waals surface area contributed by atoms with E-state index in [-0.39, 0.29) is 17.6 Å². The van der Waals surface area contributed by atoms with E-state index in [4.69, 9.17) is 0 Å². The first kappa shape index (κ1) is 15.7. The van der Waals surface area contributed by atoms with Gasteiger partial charge >= 0.3 is 0 Å². The van der Waals surface area contributed by atoms with Crippen LogP contribution in [-0.2, 0) is 4.79 Å². The van der Waals surface area contributed by atoms with Crippen LogP contribution in [0.1, 0.15) is 0 Å². The average Bonchev–Trinajstić information content (AvgIpc) is 2.46. The van der Waals surface area contributed by atoms with Gasteiger partial charge in [-0.2, -0.15) is 0 Å². The third kappa shape index (κ3) is 3.33. The quantitative estimate of drug-likeness (QED) is 0.650. The summed E-state index contributed by atoms with van der Waals surface area (Å²) in [4.78, 5) is 26.2. The maximum absolute atomic E-state index is 12.3. The number of non-ortho nitro benzene ring substituents is 1. The number of nitro groups is 1. The van der Waals surface area contributed by atoms with E-state index in [9.17, 15) is 14.9 Å². The molecule has 1 N–H and O–H groups in total. The number of benzene rings is 1. The highest BCUT2D eigenvalue weighted by Gasteiger charge is 2.31. The SMILES string of the molecule is CN(C)C(=O)C1CNCCN1c1ccc([N+](=O)[O-])cc1Br. The summed E-state index contributed by atoms with van der Waals surface area (Å²) in [6.45, 7) is 1.99. The zero-order chi connectivity index (χ0) is 15.6. The molecule has 0 spiro atoms. The number of piperazine rings is 1. The van der Waals surface area contributed by atoms with Crippen LogP contribution in [0.5, 0.6) is 0 Å². The number of rotatable bonds is 3. The van der Waals surface area contributed by atoms with Gasteiger partial charge in [-0.3, -0.25) is 14.9 Å². The van der Waals surface area contributed by atoms with E-state index in [1.165, 1.54) is 12.1 Å². The van der Waals surface area contributed by atoms with Gasteiger partial charge in [0.15, 0.2) is 0 Å². The van der Waals surface area contributed by atoms with Crippen molar-refractivity contribution in [2.45, 2.75) is 6.04 Å². The molecular formula is C13H17BrN4O3. The molecule has 0 aliphatic carbocycles. The summed E-state index contributed by atoms with van der Waals surface area (Å²) < 4.78 is 0.621. The normalized spacial score (nSPS) is 18.4. The van der Waals surface area contributed by atoms with E-state index < -0.39 is 4.92 Å². The Hall–Kier alpha value is -1.67. The minimum absolute atomic E-state index is 0.00690. The fraction of sp³-hybridized carbons (Fsp3) is 0.462. The molecule has 1 atom stereocenters. The Morgan fingerprint density at radius 2 is 2.24 bits per heavy atom. The molecule has 1 amide bonds. The zero-order valence-electron chi connectivity index (χ0n) is 11.9. The fourth-order valence-electron chi connectivity index (χ4n) is 2.35. The lowest BCUT2D eigenvalue weighted by atomic mass is 10.1. The minimum atomic E-state index is -0.436. The van der Waals surface area contributed by atoms with E-state index in [1.54, 1.807) is 25.1 Å². The maximum atomic E-state index is 12.3. The maximum Gasteiger partial charge on any atom is 0.270 e. The summed E-state index contributed by atoms with van der Waals surface area (Å²) in [5.74, 6) is 0.00690. The second kappa shape index (κ2) is 6.40. The highest BCUT2D eigenvalue weighted by Crippen LogP contribution is 2.32. The molecule has 2 rings (SSSR count). The van der Waals surface area contributed by atoms with Gasteiger partial charge in [-0.25, -0.2) is 0 Å². The van der Waals surface area contributed by atoms with Gasteiger partial charge in [0.2, 0.25) is 5.91 Å². The number of carbonyl (C=O) groups is 1. The highest BCUT2D eigenvalue weighted by atomic mass is 79.9. The molecule has 0 aromatic heterocycles. The van der Waals surface area contributed by atoms with Crippen molar-refractivity contribution in [3.8, 4) is 0 Å². The summed E-state index contributed by atoms with van der Waals surface area (Å²) in [6.07, 6.45) is 0. The molecule has 1 unspecified atom stereocenters. The van der Waals surface area contributed by atoms with Crippen LogP contribution in [0.4, 0.5) is 11.4 Å². The number of anilines is 1. The molecule has 1 saturated heterocycles. The summed E-state index contributed by atoms with van der Waals surface area (Å²) in [5, 5.41) is 14.0. The smallest absolute Gasteiger partial charge is 0.270 e. The van der Waals surface area contributed by atoms with Crippen molar-refractivity contribution in [2.75, 3.05) is 38.6 Å². The average molecular weight is 357 g/mol. The van der Waals surface area contributed by atoms with Crippen molar-refractivity contribution >= 4 is 33.2 Å². The molecule has 114 valence electrons. The second-order valence-corrected chi connectivity index (χ2v) is 5.89. The molecule has 1 aromatic carbocycles. The van der Waals surface area contributed by atoms with Crippen LogP contribution in [0.2, 0.25) is 0 Å². The fourth-order valence-corrected chi connectivity index (χ4v) is 2.95. The van der Waals surface area contributed by atoms with Gasteiger partial charge in [0.1, 0.15) is 6.04 Å². The number of hydrogen-bond acceptors (Lipinski definition) is 5. The zero-order valence-corrected chi connectivity index (χ0v) is 13.5. The number of nitrogens with one attached hydrogen (secondary N) is 1. The molecule has 8 heteroatoms. The number of nitro benzene ring substituents is 1. The molecule has 0 saturated carbocycles. The molecule has 1 heterocycles. The van der Waals surface area contributed by atoms with Crippen LogP contribution in [0.15, 0.2) is 22.7 Å². The van der Waals surface area contributed by atoms with Crippen molar-refractivity contribution in [3.05, 3.63) is 32.8 Å². The lowest BCUT2D eigenvalue weighted by molar-refractivity contribution is -0.384. The number of carbonyl (C=O) groups excluding carboxylic acids is 1. The summed E-state index contributed by atoms with van der Waals surface area (Å²) in [7, 11) is 3.44. The van der Waals surface area contributed by atoms with Crippen molar-refractivity contribution in [1.29, 1.82) is 0 Å². The molecule has 1 aliphatic rings. The molecule has 1 aliphatic heterocycles. The Balaban J connectivity index is 2.33. The van der Waals surface area contributed by atoms with Crippen LogP contribution in [-0.4, -0.2) is 55.5 Å². The predicted molar refractivity (Wildman–Crippen MR) is 83.5 cm³/mol. The summed E-state index contributed by atoms with van der Waals surface area (Å²) >= 11 is 3.37. The number of amides is 1. The van der Waals surface area contributed by atoms with Crippen LogP contribution in [0.3, 0.4) is 0 Å². The standard InChI is InChI=1S/C13H17BrN4O3/c1-16(2)13(19)12-8-15-5-6-17(12)11-4-3-9(18(20)21)7-10(11)14/h3-4,7,12,15H,5-6,8H2,1-2H3. The van der Waals surface area contributed by atoms with Crippen molar-refractivity contribution in [1.82, 2.24) is 10.2 Å². The van der Waals surface area contributed by atoms with Gasteiger partial charge < -0.3 is 15.1 Å². The first-order valence-electron chi connectivity index (χ1n) is 6.54. The molecule has 7 nitrogen and oxygen atoms in total. The highest BCUT2D eigenvalue weighted by molar-refractivity contribution is 9.10. The van der Waals surface area contributed by atoms with Crippen LogP contribution < -0.4 is 10.2 Å². The summed E-state index contributed by atoms with van der Waals surface area (Å²) in [5.41, 5.74) is 0.818. The first-order valence-corrected chi connectivity index (χ1v) is 7.33. The molecular weight excluding hydrogens is 340 g/mol. The Kier molecular flexibility index (Phi) is 4.79. The summed E-state index contributed by atoms with van der Waals surface area (Å²) in [6, 6.07) is 4.30. The minimum Gasteiger partial charge on any atom is -0.356 e. The molecule has 0 bridgehead atoms. The second-order valence-electron chi connectivity index (χ2n) is 5.04. The lowest BCUT2D eigenvalue weighted by Crippen LogP contribution is -2.58. The Bertz CT molecular complexity index is 564. The third-order valence-electron chi connectivity index (χ3n) is 3.42. The number of likely N-dealkylation sites (N-methyl/N-ethyl adjacent to an activating group) is 1. The van der Waals surface area contributed by atoms with Crippen molar-refractivity contribution < 1.29 is 9.72 Å². The van der Waals surface area contributed by atoms with Gasteiger partial charge in [-0.05, 0) is 22.0 Å². The Morgan fingerprint density at radius 3 is 2.81 bits per heavy atom. The number of nitrogens with zero attached hydrogens (tertiary/aromatic N) is 3. The first-order chi connectivity index (χ1) is 9.91. The van der Waals surface area contributed by atoms with Crippen LogP contribution in [0.25, 0.3) is 0 Å². The van der Waals surface area contributed by atoms with Gasteiger partial charge in [-0.1, -0.05) is 0 Å². The Morgan fingerprint density at radius 1 is 1.52 bits per heavy atom. The molecule has 0 radical (unpaired) electrons. The largest absolute Gasteiger partial charge is 0.356 e. The van der Waals surface area contributed by atoms with E-state index in [2.05, 4.69) is 21.2 Å². The predicted octanol–water partition coefficient (Wildman–Crippen LogP) is 1.22. The monoisotopic (exact) mass is 356 g/mol. The van der Waals surface area contributed by atoms with E-state index >= 15 is 0 Å². The number of hydrogen-bond donors (Lipinski definition) is 1. The Labute approximate surface area is 131 Å². The number of halogens is 1. The van der Waals surface area contributed by atoms with Crippen LogP contribution >= 0.6 is 15.9 Å². The van der Waals surface area contributed by atoms with Crippen molar-refractivity contribution in [2.24, 2.45) is 0 Å². The van der Waals surface area contributed by atoms with Gasteiger partial charge in [0, 0.05) is 50.3 Å².